The Morgan fingerprint density at radius 3 is 1.19 bits per heavy atom. The van der Waals surface area contributed by atoms with Crippen molar-refractivity contribution in [2.75, 3.05) is 12.5 Å². The van der Waals surface area contributed by atoms with E-state index in [1.165, 1.54) is 155 Å². The number of hydrogen-bond acceptors (Lipinski definition) is 6. The molecule has 0 spiro atoms. The lowest BCUT2D eigenvalue weighted by Crippen LogP contribution is -2.43. The normalized spacial score (nSPS) is 17.1. The van der Waals surface area contributed by atoms with Gasteiger partial charge in [0, 0.05) is 51.7 Å². The molecule has 0 amide bonds. The van der Waals surface area contributed by atoms with E-state index in [1.807, 2.05) is 0 Å². The van der Waals surface area contributed by atoms with Crippen LogP contribution in [0.5, 0.6) is 0 Å². The SMILES string of the molecule is CS(=O)(=O)C1=CC(=[N+]=[N-])C(=O)c2ccccc21.CS(=O)(=O)c1cccc2c1C=CC(=[N+]=[N-])C2=O.Cc1ccc(C2(c3ccc(C)c(C)c3)CCC(C(C)(C)C3CCC(c4ccc(C)c(C)c4)(c4ccc(C)c(C)c4)CC3)CC2)cc1C. The Labute approximate surface area is 480 Å². The summed E-state index contributed by atoms with van der Waals surface area (Å²) >= 11 is 0. The summed E-state index contributed by atoms with van der Waals surface area (Å²) in [6.45, 7) is 23.4. The summed E-state index contributed by atoms with van der Waals surface area (Å²) in [4.78, 5) is 29.3. The lowest BCUT2D eigenvalue weighted by atomic mass is 9.53. The quantitative estimate of drug-likeness (QED) is 0.108. The van der Waals surface area contributed by atoms with Crippen molar-refractivity contribution in [2.45, 2.75) is 136 Å². The molecule has 6 aromatic carbocycles. The average Bonchev–Trinajstić information content (AvgIpc) is 3.48. The molecule has 10 rings (SSSR count). The first-order valence-electron chi connectivity index (χ1n) is 28.0. The maximum atomic E-state index is 11.8. The smallest absolute Gasteiger partial charge is 0.361 e. The third-order valence-corrected chi connectivity index (χ3v) is 21.2. The summed E-state index contributed by atoms with van der Waals surface area (Å²) in [5, 5.41) is 0. The molecule has 4 aliphatic carbocycles. The molecule has 0 N–H and O–H groups in total. The van der Waals surface area contributed by atoms with Crippen LogP contribution in [0.4, 0.5) is 0 Å². The Kier molecular flexibility index (Phi) is 17.3. The van der Waals surface area contributed by atoms with Crippen molar-refractivity contribution >= 4 is 53.6 Å². The Bertz CT molecular complexity index is 3670. The number of hydrogen-bond donors (Lipinski definition) is 0. The second-order valence-electron chi connectivity index (χ2n) is 24.0. The first-order chi connectivity index (χ1) is 38.2. The minimum atomic E-state index is -3.49. The molecule has 81 heavy (non-hydrogen) atoms. The minimum Gasteiger partial charge on any atom is -0.361 e. The molecule has 0 heterocycles. The van der Waals surface area contributed by atoms with Crippen LogP contribution in [0.3, 0.4) is 0 Å². The van der Waals surface area contributed by atoms with E-state index < -0.39 is 31.2 Å². The molecule has 6 aromatic rings. The van der Waals surface area contributed by atoms with Gasteiger partial charge in [-0.05, 0) is 203 Å². The molecule has 0 aromatic heterocycles. The van der Waals surface area contributed by atoms with E-state index >= 15 is 0 Å². The molecular weight excluding hydrogens is 1040 g/mol. The maximum Gasteiger partial charge on any atom is 0.364 e. The first-order valence-corrected chi connectivity index (χ1v) is 31.8. The zero-order valence-electron chi connectivity index (χ0n) is 49.1. The predicted octanol–water partition coefficient (Wildman–Crippen LogP) is 14.7. The van der Waals surface area contributed by atoms with Gasteiger partial charge in [0.25, 0.3) is 11.6 Å². The fourth-order valence-electron chi connectivity index (χ4n) is 13.1. The zero-order chi connectivity index (χ0) is 59.0. The van der Waals surface area contributed by atoms with E-state index in [0.29, 0.717) is 16.5 Å². The summed E-state index contributed by atoms with van der Waals surface area (Å²) in [6, 6.07) is 40.0. The van der Waals surface area contributed by atoms with Crippen LogP contribution >= 0.6 is 0 Å². The summed E-state index contributed by atoms with van der Waals surface area (Å²) in [7, 11) is -6.89. The average molecular weight is 1120 g/mol. The highest BCUT2D eigenvalue weighted by molar-refractivity contribution is 8.00. The van der Waals surface area contributed by atoms with Crippen LogP contribution in [0.25, 0.3) is 22.0 Å². The van der Waals surface area contributed by atoms with Crippen molar-refractivity contribution in [1.82, 2.24) is 0 Å². The van der Waals surface area contributed by atoms with E-state index in [2.05, 4.69) is 152 Å². The second kappa shape index (κ2) is 23.3. The molecule has 0 unspecified atom stereocenters. The third kappa shape index (κ3) is 11.9. The van der Waals surface area contributed by atoms with Crippen molar-refractivity contribution in [3.63, 3.8) is 0 Å². The molecule has 2 saturated carbocycles. The molecular formula is C69H76N4O6S2. The lowest BCUT2D eigenvalue weighted by Gasteiger charge is -2.52. The van der Waals surface area contributed by atoms with Crippen LogP contribution in [0.1, 0.15) is 164 Å². The van der Waals surface area contributed by atoms with Crippen LogP contribution < -0.4 is 0 Å². The molecule has 2 fully saturated rings. The minimum absolute atomic E-state index is 0.0134. The number of benzene rings is 6. The number of rotatable bonds is 8. The monoisotopic (exact) mass is 1120 g/mol. The van der Waals surface area contributed by atoms with Gasteiger partial charge in [0.15, 0.2) is 19.7 Å². The van der Waals surface area contributed by atoms with Crippen LogP contribution in [-0.4, -0.2) is 61.9 Å². The number of carbonyl (C=O) groups is 2. The van der Waals surface area contributed by atoms with Gasteiger partial charge in [-0.25, -0.2) is 16.8 Å². The third-order valence-electron chi connectivity index (χ3n) is 18.9. The van der Waals surface area contributed by atoms with E-state index in [-0.39, 0.29) is 43.2 Å². The van der Waals surface area contributed by atoms with E-state index in [1.54, 1.807) is 18.2 Å². The largest absolute Gasteiger partial charge is 0.364 e. The molecule has 12 heteroatoms. The van der Waals surface area contributed by atoms with Crippen LogP contribution in [0.15, 0.2) is 132 Å². The van der Waals surface area contributed by atoms with Gasteiger partial charge >= 0.3 is 11.4 Å². The Morgan fingerprint density at radius 1 is 0.457 bits per heavy atom. The van der Waals surface area contributed by atoms with Crippen molar-refractivity contribution in [2.24, 2.45) is 17.3 Å². The van der Waals surface area contributed by atoms with Gasteiger partial charge in [-0.15, -0.1) is 0 Å². The zero-order valence-corrected chi connectivity index (χ0v) is 50.7. The van der Waals surface area contributed by atoms with Crippen molar-refractivity contribution < 1.29 is 36.0 Å². The first kappa shape index (κ1) is 59.9. The van der Waals surface area contributed by atoms with Gasteiger partial charge in [0.2, 0.25) is 0 Å². The summed E-state index contributed by atoms with van der Waals surface area (Å²) in [5.74, 6) is 0.537. The molecule has 0 aliphatic heterocycles. The molecule has 420 valence electrons. The highest BCUT2D eigenvalue weighted by atomic mass is 32.2. The highest BCUT2D eigenvalue weighted by Gasteiger charge is 2.48. The number of sulfone groups is 2. The molecule has 0 atom stereocenters. The molecule has 0 saturated heterocycles. The van der Waals surface area contributed by atoms with Gasteiger partial charge in [-0.3, -0.25) is 9.59 Å². The van der Waals surface area contributed by atoms with Crippen molar-refractivity contribution in [1.29, 1.82) is 0 Å². The van der Waals surface area contributed by atoms with E-state index in [9.17, 15) is 26.4 Å². The lowest BCUT2D eigenvalue weighted by molar-refractivity contribution is -0.00459. The number of aryl methyl sites for hydroxylation is 8. The number of nitrogens with zero attached hydrogens (tertiary/aromatic N) is 4. The van der Waals surface area contributed by atoms with Crippen LogP contribution in [-0.2, 0) is 30.5 Å². The summed E-state index contributed by atoms with van der Waals surface area (Å²) in [5.41, 5.74) is 36.0. The van der Waals surface area contributed by atoms with E-state index in [0.717, 1.165) is 30.4 Å². The summed E-state index contributed by atoms with van der Waals surface area (Å²) in [6.07, 6.45) is 16.2. The summed E-state index contributed by atoms with van der Waals surface area (Å²) < 4.78 is 46.3. The second-order valence-corrected chi connectivity index (χ2v) is 28.0. The Morgan fingerprint density at radius 2 is 0.827 bits per heavy atom. The van der Waals surface area contributed by atoms with Gasteiger partial charge in [-0.1, -0.05) is 123 Å². The van der Waals surface area contributed by atoms with Crippen molar-refractivity contribution in [3.8, 4) is 0 Å². The number of allylic oxidation sites excluding steroid dienone is 2. The molecule has 0 radical (unpaired) electrons. The fourth-order valence-corrected chi connectivity index (χ4v) is 14.9. The highest BCUT2D eigenvalue weighted by Crippen LogP contribution is 2.57. The van der Waals surface area contributed by atoms with Gasteiger partial charge in [0.1, 0.15) is 0 Å². The number of Topliss-reactive ketones (excluding diaryl/α,β-unsaturated/α-hetero) is 2. The molecule has 0 bridgehead atoms. The topological polar surface area (TPSA) is 175 Å². The predicted molar refractivity (Wildman–Crippen MR) is 327 cm³/mol. The fraction of sp³-hybridized carbons (Fsp3) is 0.362. The van der Waals surface area contributed by atoms with Crippen molar-refractivity contribution in [3.05, 3.63) is 227 Å². The Balaban J connectivity index is 0.000000205. The van der Waals surface area contributed by atoms with Crippen LogP contribution in [0.2, 0.25) is 0 Å². The van der Waals surface area contributed by atoms with Gasteiger partial charge in [0.05, 0.1) is 15.9 Å². The van der Waals surface area contributed by atoms with Crippen LogP contribution in [0, 0.1) is 72.6 Å². The maximum absolute atomic E-state index is 11.8. The number of carbonyl (C=O) groups excluding carboxylic acids is 2. The molecule has 10 nitrogen and oxygen atoms in total. The van der Waals surface area contributed by atoms with Gasteiger partial charge < -0.3 is 11.1 Å². The Hall–Kier alpha value is -7.20. The molecule has 4 aliphatic rings. The number of ketones is 2. The van der Waals surface area contributed by atoms with E-state index in [4.69, 9.17) is 11.1 Å². The standard InChI is InChI=1S/C47H60.2C11H8N2O3S/c1-31-11-15-41(27-35(31)5)46(42-16-12-32(2)36(6)28-42)23-19-39(20-24-46)45(9,10)40-21-25-47(26-22-40,43-17-13-33(3)37(7)29-43)44-18-14-34(4)38(8)30-44;1-17(15,16)10-4-2-3-8-7(10)5-6-9(13-12)11(8)14;1-17(15,16)10-6-9(13-12)11(14)8-5-3-2-4-7(8)10/h11-18,27-30,39-40H,19-26H2,1-10H3;2*2-6H,1H3. The number of fused-ring (bicyclic) bond motifs is 2. The van der Waals surface area contributed by atoms with Gasteiger partial charge in [-0.2, -0.15) is 9.58 Å².